The maximum atomic E-state index is 4.82. The van der Waals surface area contributed by atoms with Crippen LogP contribution in [0.1, 0.15) is 28.8 Å². The first-order chi connectivity index (χ1) is 12.6. The predicted molar refractivity (Wildman–Crippen MR) is 108 cm³/mol. The molecule has 2 aromatic carbocycles. The van der Waals surface area contributed by atoms with Gasteiger partial charge in [-0.25, -0.2) is 4.98 Å². The number of hydrogen-bond acceptors (Lipinski definition) is 4. The topological polar surface area (TPSA) is 41.1 Å². The fourth-order valence-corrected chi connectivity index (χ4v) is 3.57. The summed E-state index contributed by atoms with van der Waals surface area (Å²) >= 11 is 0. The van der Waals surface area contributed by atoms with Gasteiger partial charge in [-0.05, 0) is 56.9 Å². The molecule has 1 aliphatic heterocycles. The molecule has 3 aromatic rings. The second-order valence-corrected chi connectivity index (χ2v) is 7.02. The highest BCUT2D eigenvalue weighted by atomic mass is 15.3. The minimum Gasteiger partial charge on any atom is -0.340 e. The highest BCUT2D eigenvalue weighted by Crippen LogP contribution is 2.32. The molecule has 0 fully saturated rings. The molecule has 1 N–H and O–H groups in total. The molecule has 0 spiro atoms. The number of nitrogens with one attached hydrogen (secondary N) is 1. The Bertz CT molecular complexity index is 949. The summed E-state index contributed by atoms with van der Waals surface area (Å²) in [7, 11) is 0. The van der Waals surface area contributed by atoms with E-state index in [-0.39, 0.29) is 0 Å². The molecule has 0 saturated heterocycles. The Morgan fingerprint density at radius 3 is 2.65 bits per heavy atom. The van der Waals surface area contributed by atoms with E-state index in [1.807, 2.05) is 13.0 Å². The van der Waals surface area contributed by atoms with Crippen LogP contribution in [0.4, 0.5) is 23.1 Å². The first-order valence-corrected chi connectivity index (χ1v) is 9.15. The first kappa shape index (κ1) is 16.6. The minimum atomic E-state index is 0.768. The maximum absolute atomic E-state index is 4.82. The second kappa shape index (κ2) is 6.79. The summed E-state index contributed by atoms with van der Waals surface area (Å²) in [4.78, 5) is 11.8. The number of para-hydroxylation sites is 1. The van der Waals surface area contributed by atoms with E-state index < -0.39 is 0 Å². The summed E-state index contributed by atoms with van der Waals surface area (Å²) in [6, 6.07) is 17.0. The van der Waals surface area contributed by atoms with Crippen LogP contribution in [0.25, 0.3) is 0 Å². The van der Waals surface area contributed by atoms with Crippen LogP contribution in [0.15, 0.2) is 48.5 Å². The van der Waals surface area contributed by atoms with Gasteiger partial charge in [0.15, 0.2) is 0 Å². The zero-order valence-corrected chi connectivity index (χ0v) is 15.6. The van der Waals surface area contributed by atoms with Crippen LogP contribution >= 0.6 is 0 Å². The van der Waals surface area contributed by atoms with Crippen molar-refractivity contribution >= 4 is 23.1 Å². The van der Waals surface area contributed by atoms with Gasteiger partial charge in [-0.2, -0.15) is 4.98 Å². The largest absolute Gasteiger partial charge is 0.340 e. The van der Waals surface area contributed by atoms with Crippen molar-refractivity contribution < 1.29 is 0 Å². The van der Waals surface area contributed by atoms with Gasteiger partial charge in [-0.15, -0.1) is 0 Å². The molecule has 0 unspecified atom stereocenters. The molecule has 1 aromatic heterocycles. The van der Waals surface area contributed by atoms with E-state index in [0.29, 0.717) is 0 Å². The third-order valence-corrected chi connectivity index (χ3v) is 4.84. The molecule has 2 heterocycles. The SMILES string of the molecule is Cc1ccc(Nc2cc(C)nc(N3CCCc4ccccc43)n2)c(C)c1. The number of rotatable bonds is 3. The van der Waals surface area contributed by atoms with Crippen LogP contribution in [0.3, 0.4) is 0 Å². The van der Waals surface area contributed by atoms with Crippen molar-refractivity contribution in [3.63, 3.8) is 0 Å². The summed E-state index contributed by atoms with van der Waals surface area (Å²) < 4.78 is 0. The summed E-state index contributed by atoms with van der Waals surface area (Å²) in [6.07, 6.45) is 2.24. The van der Waals surface area contributed by atoms with E-state index in [4.69, 9.17) is 9.97 Å². The standard InChI is InChI=1S/C22H24N4/c1-15-10-11-19(16(2)13-15)24-21-14-17(3)23-22(25-21)26-12-6-8-18-7-4-5-9-20(18)26/h4-5,7,9-11,13-14H,6,8,12H2,1-3H3,(H,23,24,25). The van der Waals surface area contributed by atoms with Crippen molar-refractivity contribution in [3.8, 4) is 0 Å². The van der Waals surface area contributed by atoms with Crippen LogP contribution in [-0.4, -0.2) is 16.5 Å². The van der Waals surface area contributed by atoms with Crippen molar-refractivity contribution in [1.29, 1.82) is 0 Å². The van der Waals surface area contributed by atoms with Crippen LogP contribution in [0.5, 0.6) is 0 Å². The first-order valence-electron chi connectivity index (χ1n) is 9.15. The molecule has 26 heavy (non-hydrogen) atoms. The fraction of sp³-hybridized carbons (Fsp3) is 0.273. The van der Waals surface area contributed by atoms with Crippen molar-refractivity contribution in [2.45, 2.75) is 33.6 Å². The lowest BCUT2D eigenvalue weighted by Gasteiger charge is -2.29. The van der Waals surface area contributed by atoms with Gasteiger partial charge in [0.1, 0.15) is 5.82 Å². The van der Waals surface area contributed by atoms with E-state index in [1.54, 1.807) is 0 Å². The van der Waals surface area contributed by atoms with Gasteiger partial charge in [0.25, 0.3) is 0 Å². The third kappa shape index (κ3) is 3.27. The number of aryl methyl sites for hydroxylation is 4. The van der Waals surface area contributed by atoms with Crippen LogP contribution in [0, 0.1) is 20.8 Å². The van der Waals surface area contributed by atoms with Gasteiger partial charge in [0.2, 0.25) is 5.95 Å². The van der Waals surface area contributed by atoms with Gasteiger partial charge >= 0.3 is 0 Å². The van der Waals surface area contributed by atoms with E-state index >= 15 is 0 Å². The zero-order valence-electron chi connectivity index (χ0n) is 15.6. The molecular weight excluding hydrogens is 320 g/mol. The van der Waals surface area contributed by atoms with Crippen molar-refractivity contribution in [3.05, 3.63) is 70.9 Å². The molecule has 0 amide bonds. The van der Waals surface area contributed by atoms with Crippen LogP contribution < -0.4 is 10.2 Å². The molecule has 1 aliphatic rings. The van der Waals surface area contributed by atoms with Gasteiger partial charge in [0.05, 0.1) is 0 Å². The molecule has 4 heteroatoms. The van der Waals surface area contributed by atoms with Gasteiger partial charge in [-0.1, -0.05) is 35.9 Å². The lowest BCUT2D eigenvalue weighted by Crippen LogP contribution is -2.26. The molecule has 0 radical (unpaired) electrons. The molecule has 0 saturated carbocycles. The Kier molecular flexibility index (Phi) is 4.33. The van der Waals surface area contributed by atoms with Crippen molar-refractivity contribution in [2.24, 2.45) is 0 Å². The van der Waals surface area contributed by atoms with E-state index in [1.165, 1.54) is 22.4 Å². The average Bonchev–Trinajstić information content (AvgIpc) is 2.63. The monoisotopic (exact) mass is 344 g/mol. The van der Waals surface area contributed by atoms with Gasteiger partial charge in [0, 0.05) is 29.7 Å². The Balaban J connectivity index is 1.69. The summed E-state index contributed by atoms with van der Waals surface area (Å²) in [5.41, 5.74) is 7.11. The van der Waals surface area contributed by atoms with Crippen LogP contribution in [0.2, 0.25) is 0 Å². The van der Waals surface area contributed by atoms with Gasteiger partial charge in [-0.3, -0.25) is 0 Å². The second-order valence-electron chi connectivity index (χ2n) is 7.02. The van der Waals surface area contributed by atoms with Crippen LogP contribution in [-0.2, 0) is 6.42 Å². The Labute approximate surface area is 154 Å². The third-order valence-electron chi connectivity index (χ3n) is 4.84. The number of fused-ring (bicyclic) bond motifs is 1. The lowest BCUT2D eigenvalue weighted by atomic mass is 10.0. The Morgan fingerprint density at radius 1 is 0.962 bits per heavy atom. The lowest BCUT2D eigenvalue weighted by molar-refractivity contribution is 0.749. The van der Waals surface area contributed by atoms with Gasteiger partial charge < -0.3 is 10.2 Å². The summed E-state index contributed by atoms with van der Waals surface area (Å²) in [5, 5.41) is 3.47. The normalized spacial score (nSPS) is 13.4. The van der Waals surface area contributed by atoms with Crippen molar-refractivity contribution in [1.82, 2.24) is 9.97 Å². The minimum absolute atomic E-state index is 0.768. The molecule has 0 bridgehead atoms. The Hall–Kier alpha value is -2.88. The number of anilines is 4. The number of benzene rings is 2. The summed E-state index contributed by atoms with van der Waals surface area (Å²) in [5.74, 6) is 1.60. The number of hydrogen-bond donors (Lipinski definition) is 1. The fourth-order valence-electron chi connectivity index (χ4n) is 3.57. The maximum Gasteiger partial charge on any atom is 0.232 e. The molecule has 132 valence electrons. The zero-order chi connectivity index (χ0) is 18.1. The molecule has 0 atom stereocenters. The van der Waals surface area contributed by atoms with E-state index in [2.05, 4.69) is 66.5 Å². The molecule has 0 aliphatic carbocycles. The number of nitrogens with zero attached hydrogens (tertiary/aromatic N) is 3. The van der Waals surface area contributed by atoms with E-state index in [9.17, 15) is 0 Å². The highest BCUT2D eigenvalue weighted by Gasteiger charge is 2.20. The summed E-state index contributed by atoms with van der Waals surface area (Å²) in [6.45, 7) is 7.19. The number of aromatic nitrogens is 2. The molecule has 4 nitrogen and oxygen atoms in total. The predicted octanol–water partition coefficient (Wildman–Crippen LogP) is 5.23. The van der Waals surface area contributed by atoms with E-state index in [0.717, 1.165) is 42.5 Å². The molecule has 4 rings (SSSR count). The highest BCUT2D eigenvalue weighted by molar-refractivity contribution is 5.66. The Morgan fingerprint density at radius 2 is 1.81 bits per heavy atom. The van der Waals surface area contributed by atoms with Crippen molar-refractivity contribution in [2.75, 3.05) is 16.8 Å². The smallest absolute Gasteiger partial charge is 0.232 e. The average molecular weight is 344 g/mol. The molecular formula is C22H24N4. The quantitative estimate of drug-likeness (QED) is 0.706.